The second-order valence-electron chi connectivity index (χ2n) is 4.82. The number of aliphatic hydroxyl groups is 1. The van der Waals surface area contributed by atoms with Gasteiger partial charge in [0.2, 0.25) is 0 Å². The average Bonchev–Trinajstić information content (AvgIpc) is 2.42. The minimum Gasteiger partial charge on any atom is -0.393 e. The second-order valence-corrected chi connectivity index (χ2v) is 4.82. The van der Waals surface area contributed by atoms with Gasteiger partial charge in [-0.05, 0) is 6.42 Å². The van der Waals surface area contributed by atoms with Gasteiger partial charge in [-0.3, -0.25) is 0 Å². The van der Waals surface area contributed by atoms with Crippen LogP contribution in [-0.4, -0.2) is 53.7 Å². The highest BCUT2D eigenvalue weighted by Gasteiger charge is 2.90. The van der Waals surface area contributed by atoms with Crippen molar-refractivity contribution in [2.24, 2.45) is 0 Å². The fraction of sp³-hybridized carbons (Fsp3) is 1.00. The quantitative estimate of drug-likeness (QED) is 0.569. The van der Waals surface area contributed by atoms with Crippen molar-refractivity contribution in [1.82, 2.24) is 0 Å². The van der Waals surface area contributed by atoms with Crippen molar-refractivity contribution in [3.63, 3.8) is 0 Å². The minimum absolute atomic E-state index is 1.56. The lowest BCUT2D eigenvalue weighted by molar-refractivity contribution is -0.440. The van der Waals surface area contributed by atoms with E-state index in [1.807, 2.05) is 0 Å². The van der Waals surface area contributed by atoms with Crippen LogP contribution in [0.5, 0.6) is 0 Å². The van der Waals surface area contributed by atoms with E-state index in [-0.39, 0.29) is 0 Å². The Morgan fingerprint density at radius 2 is 0.960 bits per heavy atom. The molecule has 152 valence electrons. The van der Waals surface area contributed by atoms with Crippen LogP contribution in [-0.2, 0) is 0 Å². The zero-order valence-corrected chi connectivity index (χ0v) is 11.4. The third-order valence-electron chi connectivity index (χ3n) is 2.97. The van der Waals surface area contributed by atoms with Gasteiger partial charge in [-0.15, -0.1) is 0 Å². The summed E-state index contributed by atoms with van der Waals surface area (Å²) < 4.78 is 177. The van der Waals surface area contributed by atoms with Crippen LogP contribution in [0.25, 0.3) is 0 Å². The molecule has 0 fully saturated rings. The summed E-state index contributed by atoms with van der Waals surface area (Å²) >= 11 is 0. The van der Waals surface area contributed by atoms with Crippen LogP contribution in [0.4, 0.5) is 61.5 Å². The number of alkyl halides is 14. The highest BCUT2D eigenvalue weighted by Crippen LogP contribution is 2.60. The van der Waals surface area contributed by atoms with Gasteiger partial charge in [0, 0.05) is 6.42 Å². The van der Waals surface area contributed by atoms with E-state index in [0.29, 0.717) is 0 Å². The van der Waals surface area contributed by atoms with E-state index < -0.39 is 61.4 Å². The predicted octanol–water partition coefficient (Wildman–Crippen LogP) is 4.84. The van der Waals surface area contributed by atoms with Gasteiger partial charge in [-0.1, -0.05) is 0 Å². The van der Waals surface area contributed by atoms with E-state index in [4.69, 9.17) is 5.11 Å². The van der Waals surface area contributed by atoms with Gasteiger partial charge in [0.15, 0.2) is 0 Å². The molecule has 0 radical (unpaired) electrons. The van der Waals surface area contributed by atoms with Crippen LogP contribution in [0.3, 0.4) is 0 Å². The molecule has 0 amide bonds. The number of hydrogen-bond acceptors (Lipinski definition) is 1. The van der Waals surface area contributed by atoms with Crippen LogP contribution in [0.15, 0.2) is 0 Å². The molecule has 0 saturated heterocycles. The molecular weight excluding hydrogens is 402 g/mol. The first-order valence-electron chi connectivity index (χ1n) is 5.91. The van der Waals surface area contributed by atoms with E-state index >= 15 is 0 Å². The van der Waals surface area contributed by atoms with Crippen LogP contribution < -0.4 is 0 Å². The molecule has 0 rings (SSSR count). The second kappa shape index (κ2) is 6.61. The van der Waals surface area contributed by atoms with Crippen molar-refractivity contribution >= 4 is 0 Å². The number of aliphatic hydroxyl groups excluding tert-OH is 1. The van der Waals surface area contributed by atoms with Crippen molar-refractivity contribution < 1.29 is 66.6 Å². The van der Waals surface area contributed by atoms with Crippen LogP contribution in [0.1, 0.15) is 12.8 Å². The first-order chi connectivity index (χ1) is 10.7. The van der Waals surface area contributed by atoms with Gasteiger partial charge in [0.05, 0.1) is 6.61 Å². The highest BCUT2D eigenvalue weighted by atomic mass is 19.4. The Bertz CT molecular complexity index is 453. The van der Waals surface area contributed by atoms with Gasteiger partial charge in [-0.25, -0.2) is 4.39 Å². The van der Waals surface area contributed by atoms with Gasteiger partial charge in [-0.2, -0.15) is 57.1 Å². The molecule has 0 aromatic heterocycles. The summed E-state index contributed by atoms with van der Waals surface area (Å²) in [5, 5.41) is 8.12. The Kier molecular flexibility index (Phi) is 6.34. The van der Waals surface area contributed by atoms with Gasteiger partial charge in [0.25, 0.3) is 0 Å². The molecule has 1 unspecified atom stereocenters. The maximum atomic E-state index is 13.1. The summed E-state index contributed by atoms with van der Waals surface area (Å²) in [6, 6.07) is 0. The fourth-order valence-electron chi connectivity index (χ4n) is 1.39. The summed E-state index contributed by atoms with van der Waals surface area (Å²) in [6.45, 7) is -1.56. The molecule has 15 heteroatoms. The maximum Gasteiger partial charge on any atom is 0.460 e. The summed E-state index contributed by atoms with van der Waals surface area (Å²) in [5.74, 6) is -37.3. The zero-order valence-electron chi connectivity index (χ0n) is 11.4. The molecule has 0 aliphatic rings. The molecule has 0 spiro atoms. The molecule has 25 heavy (non-hydrogen) atoms. The van der Waals surface area contributed by atoms with Crippen molar-refractivity contribution in [3.8, 4) is 0 Å². The van der Waals surface area contributed by atoms with E-state index in [1.165, 1.54) is 0 Å². The van der Waals surface area contributed by atoms with Gasteiger partial charge in [0.1, 0.15) is 6.17 Å². The molecule has 1 N–H and O–H groups in total. The normalized spacial score (nSPS) is 16.9. The van der Waals surface area contributed by atoms with E-state index in [2.05, 4.69) is 0 Å². The molecule has 0 saturated carbocycles. The number of halogens is 14. The van der Waals surface area contributed by atoms with E-state index in [0.717, 1.165) is 0 Å². The minimum atomic E-state index is -7.96. The van der Waals surface area contributed by atoms with Crippen molar-refractivity contribution in [1.29, 1.82) is 0 Å². The Morgan fingerprint density at radius 1 is 0.600 bits per heavy atom. The third-order valence-corrected chi connectivity index (χ3v) is 2.97. The SMILES string of the molecule is OCC(F)CCC(F)(F)C(F)(F)C(F)(F)C(F)(F)C(F)(F)C(F)(F)F. The van der Waals surface area contributed by atoms with Crippen molar-refractivity contribution in [2.75, 3.05) is 6.61 Å². The Balaban J connectivity index is 5.95. The fourth-order valence-corrected chi connectivity index (χ4v) is 1.39. The molecule has 1 nitrogen and oxygen atoms in total. The Morgan fingerprint density at radius 3 is 1.28 bits per heavy atom. The van der Waals surface area contributed by atoms with Crippen LogP contribution in [0.2, 0.25) is 0 Å². The number of rotatable bonds is 8. The smallest absolute Gasteiger partial charge is 0.393 e. The predicted molar refractivity (Wildman–Crippen MR) is 52.0 cm³/mol. The molecule has 0 heterocycles. The first kappa shape index (κ1) is 24.0. The largest absolute Gasteiger partial charge is 0.460 e. The summed E-state index contributed by atoms with van der Waals surface area (Å²) in [5.41, 5.74) is 0. The van der Waals surface area contributed by atoms with Gasteiger partial charge < -0.3 is 5.11 Å². The summed E-state index contributed by atoms with van der Waals surface area (Å²) in [7, 11) is 0. The van der Waals surface area contributed by atoms with E-state index in [1.54, 1.807) is 0 Å². The molecular formula is C10H8F14O. The first-order valence-corrected chi connectivity index (χ1v) is 5.91. The molecule has 0 aromatic carbocycles. The third kappa shape index (κ3) is 3.74. The van der Waals surface area contributed by atoms with Crippen LogP contribution in [0, 0.1) is 0 Å². The summed E-state index contributed by atoms with van der Waals surface area (Å²) in [6.07, 6.45) is -14.6. The van der Waals surface area contributed by atoms with Gasteiger partial charge >= 0.3 is 35.8 Å². The Hall–Kier alpha value is -1.02. The lowest BCUT2D eigenvalue weighted by Gasteiger charge is -2.39. The summed E-state index contributed by atoms with van der Waals surface area (Å²) in [4.78, 5) is 0. The maximum absolute atomic E-state index is 13.1. The average molecular weight is 410 g/mol. The van der Waals surface area contributed by atoms with E-state index in [9.17, 15) is 61.5 Å². The molecule has 0 aliphatic heterocycles. The monoisotopic (exact) mass is 410 g/mol. The van der Waals surface area contributed by atoms with Crippen molar-refractivity contribution in [2.45, 2.75) is 54.8 Å². The zero-order chi connectivity index (χ0) is 20.7. The molecule has 0 bridgehead atoms. The highest BCUT2D eigenvalue weighted by molar-refractivity contribution is 5.10. The van der Waals surface area contributed by atoms with Crippen LogP contribution >= 0.6 is 0 Å². The molecule has 0 aromatic rings. The molecule has 1 atom stereocenters. The standard InChI is InChI=1S/C10H8F14O/c11-4(3-25)1-2-5(12,13)6(14,15)7(16,17)8(18,19)9(20,21)10(22,23)24/h4,25H,1-3H2. The molecule has 0 aliphatic carbocycles. The lowest BCUT2D eigenvalue weighted by atomic mass is 9.91. The Labute approximate surface area is 129 Å². The van der Waals surface area contributed by atoms with Crippen molar-refractivity contribution in [3.05, 3.63) is 0 Å². The topological polar surface area (TPSA) is 20.2 Å². The number of hydrogen-bond donors (Lipinski definition) is 1. The lowest BCUT2D eigenvalue weighted by Crippen LogP contribution is -2.70.